The SMILES string of the molecule is O=C(NCCc1ccccc1)[C@H]1CCCN(c2nc3ccc(Cl)cc3[nH]2)C1. The van der Waals surface area contributed by atoms with Crippen LogP contribution in [-0.4, -0.2) is 35.5 Å². The molecule has 0 bridgehead atoms. The zero-order valence-electron chi connectivity index (χ0n) is 15.1. The summed E-state index contributed by atoms with van der Waals surface area (Å²) in [5.74, 6) is 0.940. The zero-order chi connectivity index (χ0) is 18.6. The normalized spacial score (nSPS) is 17.2. The number of H-pyrrole nitrogens is 1. The predicted octanol–water partition coefficient (Wildman–Crippen LogP) is 3.79. The molecule has 3 aromatic rings. The molecule has 2 heterocycles. The summed E-state index contributed by atoms with van der Waals surface area (Å²) in [5.41, 5.74) is 3.06. The molecule has 0 spiro atoms. The van der Waals surface area contributed by atoms with Crippen molar-refractivity contribution in [1.29, 1.82) is 0 Å². The van der Waals surface area contributed by atoms with Crippen molar-refractivity contribution in [3.8, 4) is 0 Å². The lowest BCUT2D eigenvalue weighted by Crippen LogP contribution is -2.43. The Kier molecular flexibility index (Phi) is 5.30. The minimum atomic E-state index is -0.00803. The van der Waals surface area contributed by atoms with Gasteiger partial charge in [0.15, 0.2) is 0 Å². The van der Waals surface area contributed by atoms with Crippen LogP contribution in [0.2, 0.25) is 5.02 Å². The van der Waals surface area contributed by atoms with Crippen LogP contribution in [0.4, 0.5) is 5.95 Å². The summed E-state index contributed by atoms with van der Waals surface area (Å²) in [6.45, 7) is 2.26. The molecule has 2 N–H and O–H groups in total. The Labute approximate surface area is 163 Å². The van der Waals surface area contributed by atoms with E-state index in [2.05, 4.69) is 32.3 Å². The molecule has 0 saturated carbocycles. The minimum Gasteiger partial charge on any atom is -0.355 e. The average molecular weight is 383 g/mol. The average Bonchev–Trinajstić information content (AvgIpc) is 3.12. The number of rotatable bonds is 5. The van der Waals surface area contributed by atoms with E-state index in [4.69, 9.17) is 11.6 Å². The van der Waals surface area contributed by atoms with Crippen molar-refractivity contribution < 1.29 is 4.79 Å². The number of hydrogen-bond donors (Lipinski definition) is 2. The predicted molar refractivity (Wildman–Crippen MR) is 109 cm³/mol. The summed E-state index contributed by atoms with van der Waals surface area (Å²) in [6.07, 6.45) is 2.75. The number of nitrogens with zero attached hydrogens (tertiary/aromatic N) is 2. The molecule has 1 saturated heterocycles. The van der Waals surface area contributed by atoms with Crippen molar-refractivity contribution in [3.63, 3.8) is 0 Å². The van der Waals surface area contributed by atoms with Crippen molar-refractivity contribution >= 4 is 34.5 Å². The molecule has 6 heteroatoms. The van der Waals surface area contributed by atoms with E-state index in [1.165, 1.54) is 5.56 Å². The highest BCUT2D eigenvalue weighted by Crippen LogP contribution is 2.25. The Morgan fingerprint density at radius 1 is 1.26 bits per heavy atom. The third kappa shape index (κ3) is 4.25. The second-order valence-corrected chi connectivity index (χ2v) is 7.47. The smallest absolute Gasteiger partial charge is 0.224 e. The summed E-state index contributed by atoms with van der Waals surface area (Å²) < 4.78 is 0. The number of nitrogens with one attached hydrogen (secondary N) is 2. The number of hydrogen-bond acceptors (Lipinski definition) is 3. The van der Waals surface area contributed by atoms with Gasteiger partial charge in [-0.15, -0.1) is 0 Å². The summed E-state index contributed by atoms with van der Waals surface area (Å²) >= 11 is 6.06. The van der Waals surface area contributed by atoms with Gasteiger partial charge in [0.05, 0.1) is 17.0 Å². The number of piperidine rings is 1. The molecule has 0 aliphatic carbocycles. The van der Waals surface area contributed by atoms with Gasteiger partial charge in [0.25, 0.3) is 0 Å². The first-order chi connectivity index (χ1) is 13.2. The van der Waals surface area contributed by atoms with Gasteiger partial charge in [0.1, 0.15) is 0 Å². The Balaban J connectivity index is 1.36. The van der Waals surface area contributed by atoms with Crippen molar-refractivity contribution in [2.75, 3.05) is 24.5 Å². The Morgan fingerprint density at radius 3 is 2.96 bits per heavy atom. The number of anilines is 1. The van der Waals surface area contributed by atoms with Crippen LogP contribution in [0.3, 0.4) is 0 Å². The first-order valence-electron chi connectivity index (χ1n) is 9.41. The molecule has 1 aliphatic heterocycles. The topological polar surface area (TPSA) is 61.0 Å². The van der Waals surface area contributed by atoms with Crippen molar-refractivity contribution in [2.45, 2.75) is 19.3 Å². The lowest BCUT2D eigenvalue weighted by Gasteiger charge is -2.31. The first-order valence-corrected chi connectivity index (χ1v) is 9.79. The molecule has 1 fully saturated rings. The summed E-state index contributed by atoms with van der Waals surface area (Å²) in [6, 6.07) is 15.9. The number of aromatic amines is 1. The molecule has 140 valence electrons. The fraction of sp³-hybridized carbons (Fsp3) is 0.333. The van der Waals surface area contributed by atoms with E-state index in [9.17, 15) is 4.79 Å². The maximum Gasteiger partial charge on any atom is 0.224 e. The molecular formula is C21H23ClN4O. The van der Waals surface area contributed by atoms with Crippen LogP contribution in [0, 0.1) is 5.92 Å². The molecule has 5 nitrogen and oxygen atoms in total. The number of carbonyl (C=O) groups excluding carboxylic acids is 1. The van der Waals surface area contributed by atoms with E-state index < -0.39 is 0 Å². The molecule has 0 radical (unpaired) electrons. The molecule has 1 aromatic heterocycles. The van der Waals surface area contributed by atoms with Crippen LogP contribution < -0.4 is 10.2 Å². The van der Waals surface area contributed by atoms with Crippen molar-refractivity contribution in [3.05, 3.63) is 59.1 Å². The van der Waals surface area contributed by atoms with Crippen molar-refractivity contribution in [2.24, 2.45) is 5.92 Å². The fourth-order valence-electron chi connectivity index (χ4n) is 3.62. The van der Waals surface area contributed by atoms with Crippen molar-refractivity contribution in [1.82, 2.24) is 15.3 Å². The first kappa shape index (κ1) is 17.9. The zero-order valence-corrected chi connectivity index (χ0v) is 15.9. The summed E-state index contributed by atoms with van der Waals surface area (Å²) in [4.78, 5) is 22.7. The van der Waals surface area contributed by atoms with Crippen LogP contribution in [0.25, 0.3) is 11.0 Å². The lowest BCUT2D eigenvalue weighted by atomic mass is 9.97. The highest BCUT2D eigenvalue weighted by Gasteiger charge is 2.27. The Bertz CT molecular complexity index is 924. The number of halogens is 1. The van der Waals surface area contributed by atoms with Gasteiger partial charge in [0.2, 0.25) is 11.9 Å². The minimum absolute atomic E-state index is 0.00803. The number of benzene rings is 2. The standard InChI is InChI=1S/C21H23ClN4O/c22-17-8-9-18-19(13-17)25-21(24-18)26-12-4-7-16(14-26)20(27)23-11-10-15-5-2-1-3-6-15/h1-3,5-6,8-9,13,16H,4,7,10-12,14H2,(H,23,27)(H,24,25)/t16-/m0/s1. The highest BCUT2D eigenvalue weighted by molar-refractivity contribution is 6.31. The van der Waals surface area contributed by atoms with Gasteiger partial charge < -0.3 is 15.2 Å². The molecule has 0 unspecified atom stereocenters. The van der Waals surface area contributed by atoms with E-state index in [0.717, 1.165) is 42.8 Å². The maximum atomic E-state index is 12.6. The molecule has 1 amide bonds. The maximum absolute atomic E-state index is 12.6. The molecule has 27 heavy (non-hydrogen) atoms. The third-order valence-corrected chi connectivity index (χ3v) is 5.31. The van der Waals surface area contributed by atoms with Gasteiger partial charge in [-0.3, -0.25) is 4.79 Å². The Hall–Kier alpha value is -2.53. The van der Waals surface area contributed by atoms with Gasteiger partial charge in [-0.05, 0) is 43.0 Å². The van der Waals surface area contributed by atoms with E-state index in [1.807, 2.05) is 36.4 Å². The van der Waals surface area contributed by atoms with E-state index in [-0.39, 0.29) is 11.8 Å². The molecule has 1 atom stereocenters. The highest BCUT2D eigenvalue weighted by atomic mass is 35.5. The summed E-state index contributed by atoms with van der Waals surface area (Å²) in [7, 11) is 0. The van der Waals surface area contributed by atoms with Gasteiger partial charge in [-0.25, -0.2) is 4.98 Å². The fourth-order valence-corrected chi connectivity index (χ4v) is 3.79. The number of aromatic nitrogens is 2. The Morgan fingerprint density at radius 2 is 2.11 bits per heavy atom. The monoisotopic (exact) mass is 382 g/mol. The number of carbonyl (C=O) groups is 1. The van der Waals surface area contributed by atoms with Crippen LogP contribution in [0.15, 0.2) is 48.5 Å². The van der Waals surface area contributed by atoms with E-state index in [1.54, 1.807) is 0 Å². The van der Waals surface area contributed by atoms with Gasteiger partial charge >= 0.3 is 0 Å². The largest absolute Gasteiger partial charge is 0.355 e. The van der Waals surface area contributed by atoms with Gasteiger partial charge in [0, 0.05) is 24.7 Å². The van der Waals surface area contributed by atoms with Crippen LogP contribution in [-0.2, 0) is 11.2 Å². The lowest BCUT2D eigenvalue weighted by molar-refractivity contribution is -0.125. The quantitative estimate of drug-likeness (QED) is 0.705. The van der Waals surface area contributed by atoms with Crippen LogP contribution in [0.5, 0.6) is 0 Å². The number of amides is 1. The molecule has 4 rings (SSSR count). The van der Waals surface area contributed by atoms with Crippen LogP contribution >= 0.6 is 11.6 Å². The summed E-state index contributed by atoms with van der Waals surface area (Å²) in [5, 5.41) is 3.78. The molecule has 1 aliphatic rings. The molecule has 2 aromatic carbocycles. The van der Waals surface area contributed by atoms with Gasteiger partial charge in [-0.2, -0.15) is 0 Å². The molecular weight excluding hydrogens is 360 g/mol. The third-order valence-electron chi connectivity index (χ3n) is 5.08. The van der Waals surface area contributed by atoms with Crippen LogP contribution in [0.1, 0.15) is 18.4 Å². The van der Waals surface area contributed by atoms with E-state index >= 15 is 0 Å². The second kappa shape index (κ2) is 8.01. The van der Waals surface area contributed by atoms with Gasteiger partial charge in [-0.1, -0.05) is 41.9 Å². The van der Waals surface area contributed by atoms with E-state index in [0.29, 0.717) is 18.1 Å². The second-order valence-electron chi connectivity index (χ2n) is 7.03. The number of fused-ring (bicyclic) bond motifs is 1. The number of imidazole rings is 1.